The average molecular weight is 294 g/mol. The maximum Gasteiger partial charge on any atom is 0.122 e. The van der Waals surface area contributed by atoms with Crippen LogP contribution in [0.15, 0.2) is 48.5 Å². The van der Waals surface area contributed by atoms with E-state index in [1.54, 1.807) is 11.1 Å². The Labute approximate surface area is 134 Å². The summed E-state index contributed by atoms with van der Waals surface area (Å²) in [6, 6.07) is 17.1. The van der Waals surface area contributed by atoms with Gasteiger partial charge in [-0.1, -0.05) is 49.4 Å². The summed E-state index contributed by atoms with van der Waals surface area (Å²) in [5, 5.41) is 0. The number of fused-ring (bicyclic) bond motifs is 2. The molecule has 0 N–H and O–H groups in total. The summed E-state index contributed by atoms with van der Waals surface area (Å²) in [5.74, 6) is 1.97. The van der Waals surface area contributed by atoms with E-state index < -0.39 is 0 Å². The molecule has 116 valence electrons. The van der Waals surface area contributed by atoms with Gasteiger partial charge in [0.15, 0.2) is 0 Å². The summed E-state index contributed by atoms with van der Waals surface area (Å²) in [4.78, 5) is 0. The summed E-state index contributed by atoms with van der Waals surface area (Å²) in [7, 11) is 0. The minimum Gasteiger partial charge on any atom is -0.490 e. The second kappa shape index (κ2) is 7.00. The van der Waals surface area contributed by atoms with Crippen LogP contribution in [0.2, 0.25) is 0 Å². The van der Waals surface area contributed by atoms with Gasteiger partial charge in [0.1, 0.15) is 5.75 Å². The summed E-state index contributed by atoms with van der Waals surface area (Å²) < 4.78 is 5.63. The molecule has 1 aliphatic heterocycles. The van der Waals surface area contributed by atoms with Gasteiger partial charge in [-0.25, -0.2) is 0 Å². The highest BCUT2D eigenvalue weighted by Gasteiger charge is 2.14. The van der Waals surface area contributed by atoms with Gasteiger partial charge in [-0.05, 0) is 67.7 Å². The van der Waals surface area contributed by atoms with Gasteiger partial charge in [-0.15, -0.1) is 0 Å². The van der Waals surface area contributed by atoms with E-state index >= 15 is 0 Å². The number of aryl methyl sites for hydroxylation is 2. The Kier molecular flexibility index (Phi) is 4.82. The number of benzene rings is 2. The maximum absolute atomic E-state index is 5.63. The number of hydrogen-bond donors (Lipinski definition) is 0. The lowest BCUT2D eigenvalue weighted by molar-refractivity contribution is 0.192. The normalized spacial score (nSPS) is 22.5. The number of ether oxygens (including phenoxy) is 1. The Hall–Kier alpha value is -1.76. The highest BCUT2D eigenvalue weighted by atomic mass is 16.5. The molecule has 0 saturated carbocycles. The van der Waals surface area contributed by atoms with E-state index in [0.717, 1.165) is 24.5 Å². The second-order valence-corrected chi connectivity index (χ2v) is 6.69. The Balaban J connectivity index is 0.000000131. The van der Waals surface area contributed by atoms with Crippen molar-refractivity contribution in [1.82, 2.24) is 0 Å². The molecule has 0 saturated heterocycles. The molecule has 2 aromatic rings. The molecule has 2 aliphatic rings. The highest BCUT2D eigenvalue weighted by molar-refractivity contribution is 5.34. The summed E-state index contributed by atoms with van der Waals surface area (Å²) in [6.07, 6.45) is 6.66. The molecule has 2 aromatic carbocycles. The fourth-order valence-corrected chi connectivity index (χ4v) is 3.34. The van der Waals surface area contributed by atoms with Gasteiger partial charge >= 0.3 is 0 Å². The second-order valence-electron chi connectivity index (χ2n) is 6.69. The van der Waals surface area contributed by atoms with Gasteiger partial charge in [0.2, 0.25) is 0 Å². The van der Waals surface area contributed by atoms with E-state index in [2.05, 4.69) is 50.2 Å². The molecule has 22 heavy (non-hydrogen) atoms. The quantitative estimate of drug-likeness (QED) is 0.648. The van der Waals surface area contributed by atoms with Gasteiger partial charge in [0.05, 0.1) is 6.10 Å². The third-order valence-electron chi connectivity index (χ3n) is 4.71. The zero-order chi connectivity index (χ0) is 15.4. The first-order chi connectivity index (χ1) is 10.7. The van der Waals surface area contributed by atoms with Crippen LogP contribution in [0.1, 0.15) is 43.4 Å². The molecule has 2 unspecified atom stereocenters. The Morgan fingerprint density at radius 1 is 0.773 bits per heavy atom. The molecular formula is C21H26O. The van der Waals surface area contributed by atoms with Gasteiger partial charge in [0, 0.05) is 0 Å². The van der Waals surface area contributed by atoms with Crippen LogP contribution in [0.4, 0.5) is 0 Å². The van der Waals surface area contributed by atoms with E-state index in [1.165, 1.54) is 24.8 Å². The summed E-state index contributed by atoms with van der Waals surface area (Å²) in [5.41, 5.74) is 4.50. The van der Waals surface area contributed by atoms with Crippen molar-refractivity contribution >= 4 is 0 Å². The zero-order valence-corrected chi connectivity index (χ0v) is 13.7. The third-order valence-corrected chi connectivity index (χ3v) is 4.71. The monoisotopic (exact) mass is 294 g/mol. The maximum atomic E-state index is 5.63. The van der Waals surface area contributed by atoms with Crippen LogP contribution in [0, 0.1) is 5.92 Å². The lowest BCUT2D eigenvalue weighted by Gasteiger charge is -2.22. The molecule has 0 bridgehead atoms. The van der Waals surface area contributed by atoms with Crippen molar-refractivity contribution in [3.8, 4) is 5.75 Å². The molecule has 4 rings (SSSR count). The average Bonchev–Trinajstić information content (AvgIpc) is 2.55. The molecule has 1 heteroatoms. The first-order valence-corrected chi connectivity index (χ1v) is 8.53. The van der Waals surface area contributed by atoms with E-state index in [1.807, 2.05) is 12.1 Å². The van der Waals surface area contributed by atoms with Gasteiger partial charge in [0.25, 0.3) is 0 Å². The lowest BCUT2D eigenvalue weighted by atomic mass is 9.85. The van der Waals surface area contributed by atoms with Crippen LogP contribution >= 0.6 is 0 Å². The molecule has 0 amide bonds. The van der Waals surface area contributed by atoms with Crippen molar-refractivity contribution in [2.45, 2.75) is 52.1 Å². The van der Waals surface area contributed by atoms with Crippen molar-refractivity contribution in [3.63, 3.8) is 0 Å². The molecule has 0 aromatic heterocycles. The van der Waals surface area contributed by atoms with Crippen LogP contribution in [0.5, 0.6) is 5.75 Å². The summed E-state index contributed by atoms with van der Waals surface area (Å²) >= 11 is 0. The first-order valence-electron chi connectivity index (χ1n) is 8.53. The third kappa shape index (κ3) is 3.71. The Morgan fingerprint density at radius 3 is 2.23 bits per heavy atom. The number of para-hydroxylation sites is 1. The van der Waals surface area contributed by atoms with Crippen molar-refractivity contribution < 1.29 is 4.74 Å². The Morgan fingerprint density at radius 2 is 1.41 bits per heavy atom. The van der Waals surface area contributed by atoms with Crippen LogP contribution in [0.3, 0.4) is 0 Å². The topological polar surface area (TPSA) is 9.23 Å². The van der Waals surface area contributed by atoms with Crippen molar-refractivity contribution in [1.29, 1.82) is 0 Å². The lowest BCUT2D eigenvalue weighted by Crippen LogP contribution is -2.18. The molecule has 1 nitrogen and oxygen atoms in total. The van der Waals surface area contributed by atoms with Crippen LogP contribution < -0.4 is 4.74 Å². The van der Waals surface area contributed by atoms with Gasteiger partial charge in [-0.2, -0.15) is 0 Å². The standard InChI is InChI=1S/C11H14.C10H12O/c1-9-6-7-10-4-2-3-5-11(10)8-9;1-8-6-7-9-4-2-3-5-10(9)11-8/h2-5,9H,6-8H2,1H3;2-5,8H,6-7H2,1H3. The van der Waals surface area contributed by atoms with Crippen molar-refractivity contribution in [2.24, 2.45) is 5.92 Å². The molecule has 1 heterocycles. The Bertz CT molecular complexity index is 561. The van der Waals surface area contributed by atoms with E-state index in [9.17, 15) is 0 Å². The van der Waals surface area contributed by atoms with E-state index in [-0.39, 0.29) is 0 Å². The smallest absolute Gasteiger partial charge is 0.122 e. The van der Waals surface area contributed by atoms with Crippen molar-refractivity contribution in [2.75, 3.05) is 0 Å². The van der Waals surface area contributed by atoms with Crippen LogP contribution in [-0.4, -0.2) is 6.10 Å². The molecule has 0 radical (unpaired) electrons. The molecule has 0 spiro atoms. The van der Waals surface area contributed by atoms with Gasteiger partial charge in [-0.3, -0.25) is 0 Å². The van der Waals surface area contributed by atoms with Crippen LogP contribution in [-0.2, 0) is 19.3 Å². The minimum absolute atomic E-state index is 0.393. The van der Waals surface area contributed by atoms with Gasteiger partial charge < -0.3 is 4.74 Å². The number of rotatable bonds is 0. The fourth-order valence-electron chi connectivity index (χ4n) is 3.34. The largest absolute Gasteiger partial charge is 0.490 e. The number of hydrogen-bond acceptors (Lipinski definition) is 1. The molecule has 0 fully saturated rings. The van der Waals surface area contributed by atoms with Crippen molar-refractivity contribution in [3.05, 3.63) is 65.2 Å². The van der Waals surface area contributed by atoms with E-state index in [0.29, 0.717) is 6.10 Å². The predicted octanol–water partition coefficient (Wildman–Crippen LogP) is 5.21. The first kappa shape index (κ1) is 15.1. The highest BCUT2D eigenvalue weighted by Crippen LogP contribution is 2.26. The molecule has 2 atom stereocenters. The SMILES string of the molecule is CC1CCc2ccccc2C1.CC1CCc2ccccc2O1. The zero-order valence-electron chi connectivity index (χ0n) is 13.7. The van der Waals surface area contributed by atoms with E-state index in [4.69, 9.17) is 4.74 Å². The fraction of sp³-hybridized carbons (Fsp3) is 0.429. The molecular weight excluding hydrogens is 268 g/mol. The molecule has 1 aliphatic carbocycles. The minimum atomic E-state index is 0.393. The summed E-state index contributed by atoms with van der Waals surface area (Å²) in [6.45, 7) is 4.46. The van der Waals surface area contributed by atoms with Crippen LogP contribution in [0.25, 0.3) is 0 Å². The predicted molar refractivity (Wildman–Crippen MR) is 92.5 cm³/mol.